The number of aromatic nitrogens is 2. The summed E-state index contributed by atoms with van der Waals surface area (Å²) in [4.78, 5) is 16.8. The Morgan fingerprint density at radius 1 is 1.29 bits per heavy atom. The average molecular weight is 473 g/mol. The molecule has 0 saturated carbocycles. The molecule has 8 heteroatoms. The van der Waals surface area contributed by atoms with Crippen molar-refractivity contribution in [3.63, 3.8) is 0 Å². The van der Waals surface area contributed by atoms with Crippen LogP contribution < -0.4 is 24.2 Å². The van der Waals surface area contributed by atoms with Crippen molar-refractivity contribution < 1.29 is 9.30 Å². The monoisotopic (exact) mass is 472 g/mol. The molecular weight excluding hydrogens is 450 g/mol. The predicted octanol–water partition coefficient (Wildman–Crippen LogP) is 2.70. The highest BCUT2D eigenvalue weighted by molar-refractivity contribution is 8.08. The van der Waals surface area contributed by atoms with E-state index in [1.54, 1.807) is 23.1 Å². The zero-order chi connectivity index (χ0) is 21.5. The van der Waals surface area contributed by atoms with Crippen LogP contribution in [0.15, 0.2) is 52.4 Å². The minimum atomic E-state index is 0.0430. The molecule has 3 aromatic rings. The van der Waals surface area contributed by atoms with Crippen molar-refractivity contribution in [2.45, 2.75) is 30.4 Å². The first-order chi connectivity index (χ1) is 15.0. The van der Waals surface area contributed by atoms with Crippen molar-refractivity contribution in [3.8, 4) is 0 Å². The number of aryl methyl sites for hydroxylation is 1. The third-order valence-corrected chi connectivity index (χ3v) is 8.32. The molecule has 1 aromatic carbocycles. The van der Waals surface area contributed by atoms with Gasteiger partial charge in [-0.15, -0.1) is 11.3 Å². The molecule has 160 valence electrons. The van der Waals surface area contributed by atoms with Crippen molar-refractivity contribution in [2.75, 3.05) is 18.6 Å². The summed E-state index contributed by atoms with van der Waals surface area (Å²) in [5, 5.41) is 1.65. The van der Waals surface area contributed by atoms with Crippen LogP contribution in [0.5, 0.6) is 0 Å². The largest absolute Gasteiger partial charge is 0.376 e. The van der Waals surface area contributed by atoms with Gasteiger partial charge in [0, 0.05) is 35.7 Å². The molecule has 2 aliphatic heterocycles. The molecule has 5 nitrogen and oxygen atoms in total. The van der Waals surface area contributed by atoms with E-state index in [4.69, 9.17) is 16.3 Å². The van der Waals surface area contributed by atoms with Crippen LogP contribution >= 0.6 is 34.7 Å². The van der Waals surface area contributed by atoms with Crippen molar-refractivity contribution in [1.29, 1.82) is 0 Å². The quantitative estimate of drug-likeness (QED) is 0.549. The van der Waals surface area contributed by atoms with E-state index < -0.39 is 0 Å². The maximum Gasteiger partial charge on any atom is 0.271 e. The lowest BCUT2D eigenvalue weighted by Gasteiger charge is -2.12. The average Bonchev–Trinajstić information content (AvgIpc) is 3.45. The highest BCUT2D eigenvalue weighted by Crippen LogP contribution is 2.46. The topological polar surface area (TPSA) is 38.4 Å². The molecule has 0 aliphatic carbocycles. The van der Waals surface area contributed by atoms with Crippen molar-refractivity contribution in [3.05, 3.63) is 72.9 Å². The Hall–Kier alpha value is -2.06. The maximum absolute atomic E-state index is 13.6. The normalized spacial score (nSPS) is 20.5. The lowest BCUT2D eigenvalue weighted by atomic mass is 10.2. The first-order valence-electron chi connectivity index (χ1n) is 10.2. The molecule has 1 atom stereocenters. The van der Waals surface area contributed by atoms with E-state index in [9.17, 15) is 4.79 Å². The van der Waals surface area contributed by atoms with E-state index in [0.717, 1.165) is 49.8 Å². The Morgan fingerprint density at radius 2 is 2.10 bits per heavy atom. The molecule has 4 heterocycles. The van der Waals surface area contributed by atoms with E-state index >= 15 is 0 Å². The van der Waals surface area contributed by atoms with Gasteiger partial charge in [-0.25, -0.2) is 4.57 Å². The highest BCUT2D eigenvalue weighted by atomic mass is 35.5. The molecule has 1 fully saturated rings. The van der Waals surface area contributed by atoms with Gasteiger partial charge in [0.05, 0.1) is 23.0 Å². The first-order valence-corrected chi connectivity index (χ1v) is 12.2. The van der Waals surface area contributed by atoms with Gasteiger partial charge >= 0.3 is 0 Å². The minimum Gasteiger partial charge on any atom is -0.376 e. The second-order valence-electron chi connectivity index (χ2n) is 7.84. The summed E-state index contributed by atoms with van der Waals surface area (Å²) in [7, 11) is 3.99. The van der Waals surface area contributed by atoms with Gasteiger partial charge in [0.15, 0.2) is 12.4 Å². The molecule has 0 spiro atoms. The number of rotatable bonds is 3. The van der Waals surface area contributed by atoms with Crippen molar-refractivity contribution in [2.24, 2.45) is 7.05 Å². The summed E-state index contributed by atoms with van der Waals surface area (Å²) in [6, 6.07) is 9.97. The second-order valence-corrected chi connectivity index (χ2v) is 10.3. The molecule has 0 bridgehead atoms. The Morgan fingerprint density at radius 3 is 2.84 bits per heavy atom. The summed E-state index contributed by atoms with van der Waals surface area (Å²) in [5.41, 5.74) is 2.15. The van der Waals surface area contributed by atoms with E-state index in [1.807, 2.05) is 53.8 Å². The van der Waals surface area contributed by atoms with Gasteiger partial charge < -0.3 is 9.64 Å². The molecule has 1 unspecified atom stereocenters. The summed E-state index contributed by atoms with van der Waals surface area (Å²) < 4.78 is 11.4. The van der Waals surface area contributed by atoms with Gasteiger partial charge in [-0.05, 0) is 42.7 Å². The van der Waals surface area contributed by atoms with Crippen LogP contribution in [0.4, 0.5) is 5.69 Å². The number of thioether (sulfide) groups is 1. The van der Waals surface area contributed by atoms with Crippen LogP contribution in [0.25, 0.3) is 11.1 Å². The van der Waals surface area contributed by atoms with Crippen LogP contribution in [0.2, 0.25) is 5.02 Å². The number of pyridine rings is 1. The third-order valence-electron chi connectivity index (χ3n) is 5.60. The number of halogens is 1. The van der Waals surface area contributed by atoms with Gasteiger partial charge in [-0.2, -0.15) is 0 Å². The molecule has 0 amide bonds. The molecular formula is C23H23ClN3O2S2+. The van der Waals surface area contributed by atoms with E-state index in [0.29, 0.717) is 11.6 Å². The Kier molecular flexibility index (Phi) is 5.69. The Bertz CT molecular complexity index is 1310. The number of hydrogen-bond donors (Lipinski definition) is 0. The fourth-order valence-corrected chi connectivity index (χ4v) is 6.47. The molecule has 5 rings (SSSR count). The number of benzene rings is 1. The fraction of sp³-hybridized carbons (Fsp3) is 0.304. The lowest BCUT2D eigenvalue weighted by molar-refractivity contribution is -0.671. The van der Waals surface area contributed by atoms with E-state index in [2.05, 4.69) is 23.1 Å². The van der Waals surface area contributed by atoms with Crippen molar-refractivity contribution in [1.82, 2.24) is 4.57 Å². The standard InChI is InChI=1S/C23H23ClN3O2S2/c1-25-9-7-15(8-10-25)12-20-27(14-17-4-3-11-29-17)22(28)21(31-20)23-26(2)18-13-16(24)5-6-19(18)30-23/h5-10,12-13,17H,3-4,11,14H2,1-2H3/q+1/b23-21-. The summed E-state index contributed by atoms with van der Waals surface area (Å²) in [5.74, 6) is 0. The first kappa shape index (κ1) is 20.8. The molecule has 2 aromatic heterocycles. The number of anilines is 1. The minimum absolute atomic E-state index is 0.0430. The Balaban J connectivity index is 1.67. The zero-order valence-corrected chi connectivity index (χ0v) is 19.8. The number of hydrogen-bond acceptors (Lipinski definition) is 5. The van der Waals surface area contributed by atoms with Gasteiger partial charge in [0.2, 0.25) is 0 Å². The van der Waals surface area contributed by atoms with Gasteiger partial charge in [0.25, 0.3) is 5.56 Å². The number of nitrogens with zero attached hydrogens (tertiary/aromatic N) is 3. The van der Waals surface area contributed by atoms with Gasteiger partial charge in [-0.1, -0.05) is 23.4 Å². The maximum atomic E-state index is 13.6. The predicted molar refractivity (Wildman–Crippen MR) is 127 cm³/mol. The number of fused-ring (bicyclic) bond motifs is 1. The number of thiazole rings is 1. The van der Waals surface area contributed by atoms with Crippen LogP contribution in [0.3, 0.4) is 0 Å². The van der Waals surface area contributed by atoms with E-state index in [-0.39, 0.29) is 11.7 Å². The highest BCUT2D eigenvalue weighted by Gasteiger charge is 2.26. The molecule has 0 N–H and O–H groups in total. The van der Waals surface area contributed by atoms with Gasteiger partial charge in [0.1, 0.15) is 16.6 Å². The fourth-order valence-electron chi connectivity index (χ4n) is 3.90. The van der Waals surface area contributed by atoms with Crippen molar-refractivity contribution >= 4 is 51.5 Å². The second kappa shape index (κ2) is 8.47. The Labute approximate surface area is 193 Å². The molecule has 31 heavy (non-hydrogen) atoms. The number of ether oxygens (including phenoxy) is 1. The summed E-state index contributed by atoms with van der Waals surface area (Å²) in [6.45, 7) is 1.36. The van der Waals surface area contributed by atoms with E-state index in [1.165, 1.54) is 0 Å². The summed E-state index contributed by atoms with van der Waals surface area (Å²) >= 11 is 9.38. The van der Waals surface area contributed by atoms with Crippen LogP contribution in [-0.2, 0) is 18.3 Å². The smallest absolute Gasteiger partial charge is 0.271 e. The third kappa shape index (κ3) is 4.07. The van der Waals surface area contributed by atoms with Crippen LogP contribution in [-0.4, -0.2) is 24.3 Å². The summed E-state index contributed by atoms with van der Waals surface area (Å²) in [6.07, 6.45) is 8.26. The molecule has 1 saturated heterocycles. The SMILES string of the molecule is CN1/C(=c2/s/c(=C/c3cc[n+](C)cc3)n(CC3CCCO3)c2=O)Sc2ccc(Cl)cc21. The van der Waals surface area contributed by atoms with Gasteiger partial charge in [-0.3, -0.25) is 9.36 Å². The zero-order valence-electron chi connectivity index (χ0n) is 17.4. The molecule has 2 aliphatic rings. The molecule has 0 radical (unpaired) electrons. The lowest BCUT2D eigenvalue weighted by Crippen LogP contribution is -2.36. The van der Waals surface area contributed by atoms with Crippen LogP contribution in [0, 0.1) is 0 Å². The van der Waals surface area contributed by atoms with Crippen LogP contribution in [0.1, 0.15) is 18.4 Å².